The fourth-order valence-corrected chi connectivity index (χ4v) is 0.928. The Morgan fingerprint density at radius 1 is 1.64 bits per heavy atom. The highest BCUT2D eigenvalue weighted by atomic mass is 19.1. The molecule has 1 aromatic rings. The fourth-order valence-electron chi connectivity index (χ4n) is 0.928. The van der Waals surface area contributed by atoms with Crippen LogP contribution < -0.4 is 0 Å². The zero-order valence-corrected chi connectivity index (χ0v) is 6.97. The molecule has 0 spiro atoms. The van der Waals surface area contributed by atoms with E-state index in [1.165, 1.54) is 6.20 Å². The first-order valence-electron chi connectivity index (χ1n) is 3.93. The molecule has 0 bridgehead atoms. The Morgan fingerprint density at radius 2 is 2.36 bits per heavy atom. The van der Waals surface area contributed by atoms with Crippen LogP contribution in [0.2, 0.25) is 0 Å². The van der Waals surface area contributed by atoms with Crippen molar-refractivity contribution < 1.29 is 4.39 Å². The van der Waals surface area contributed by atoms with Crippen LogP contribution in [0, 0.1) is 12.7 Å². The summed E-state index contributed by atoms with van der Waals surface area (Å²) in [4.78, 5) is 0. The van der Waals surface area contributed by atoms with Crippen molar-refractivity contribution in [1.29, 1.82) is 0 Å². The summed E-state index contributed by atoms with van der Waals surface area (Å²) in [6, 6.07) is 0. The molecule has 0 saturated heterocycles. The lowest BCUT2D eigenvalue weighted by atomic mass is 10.3. The van der Waals surface area contributed by atoms with Gasteiger partial charge in [0, 0.05) is 6.54 Å². The molecule has 0 aliphatic rings. The zero-order valence-electron chi connectivity index (χ0n) is 6.97. The van der Waals surface area contributed by atoms with Gasteiger partial charge in [0.15, 0.2) is 5.82 Å². The molecule has 0 aliphatic carbocycles. The second-order valence-electron chi connectivity index (χ2n) is 2.68. The first-order chi connectivity index (χ1) is 5.24. The van der Waals surface area contributed by atoms with Gasteiger partial charge in [0.05, 0.1) is 11.9 Å². The molecule has 0 unspecified atom stereocenters. The Labute approximate surface area is 66.0 Å². The van der Waals surface area contributed by atoms with E-state index in [0.29, 0.717) is 5.69 Å². The number of aryl methyl sites for hydroxylation is 2. The van der Waals surface area contributed by atoms with E-state index in [4.69, 9.17) is 0 Å². The van der Waals surface area contributed by atoms with E-state index in [1.807, 2.05) is 0 Å². The van der Waals surface area contributed by atoms with Gasteiger partial charge in [0.1, 0.15) is 0 Å². The van der Waals surface area contributed by atoms with Gasteiger partial charge >= 0.3 is 0 Å². The smallest absolute Gasteiger partial charge is 0.163 e. The van der Waals surface area contributed by atoms with Gasteiger partial charge in [-0.05, 0) is 13.3 Å². The maximum Gasteiger partial charge on any atom is 0.163 e. The highest BCUT2D eigenvalue weighted by Crippen LogP contribution is 2.03. The molecule has 3 heteroatoms. The molecule has 0 N–H and O–H groups in total. The molecule has 11 heavy (non-hydrogen) atoms. The first kappa shape index (κ1) is 8.24. The van der Waals surface area contributed by atoms with Crippen molar-refractivity contribution in [3.8, 4) is 0 Å². The van der Waals surface area contributed by atoms with Crippen LogP contribution in [0.25, 0.3) is 0 Å². The molecule has 2 nitrogen and oxygen atoms in total. The summed E-state index contributed by atoms with van der Waals surface area (Å²) in [5.74, 6) is -0.207. The molecule has 1 aromatic heterocycles. The van der Waals surface area contributed by atoms with Crippen molar-refractivity contribution >= 4 is 0 Å². The van der Waals surface area contributed by atoms with E-state index in [9.17, 15) is 4.39 Å². The van der Waals surface area contributed by atoms with Crippen LogP contribution in [0.3, 0.4) is 0 Å². The van der Waals surface area contributed by atoms with E-state index in [1.54, 1.807) is 11.6 Å². The lowest BCUT2D eigenvalue weighted by molar-refractivity contribution is 0.563. The van der Waals surface area contributed by atoms with Crippen molar-refractivity contribution in [2.75, 3.05) is 0 Å². The van der Waals surface area contributed by atoms with E-state index < -0.39 is 0 Å². The average Bonchev–Trinajstić information content (AvgIpc) is 2.28. The molecular formula is C8H13FN2. The third kappa shape index (κ3) is 2.03. The quantitative estimate of drug-likeness (QED) is 0.655. The van der Waals surface area contributed by atoms with E-state index in [-0.39, 0.29) is 5.82 Å². The topological polar surface area (TPSA) is 17.8 Å². The molecule has 0 amide bonds. The number of hydrogen-bond donors (Lipinski definition) is 0. The summed E-state index contributed by atoms with van der Waals surface area (Å²) in [6.45, 7) is 4.60. The number of hydrogen-bond acceptors (Lipinski definition) is 1. The van der Waals surface area contributed by atoms with Crippen molar-refractivity contribution in [2.24, 2.45) is 0 Å². The summed E-state index contributed by atoms with van der Waals surface area (Å²) in [5, 5.41) is 3.99. The van der Waals surface area contributed by atoms with Crippen LogP contribution in [-0.4, -0.2) is 9.78 Å². The molecule has 1 rings (SSSR count). The molecule has 0 atom stereocenters. The minimum Gasteiger partial charge on any atom is -0.269 e. The van der Waals surface area contributed by atoms with Crippen LogP contribution in [0.1, 0.15) is 25.5 Å². The summed E-state index contributed by atoms with van der Waals surface area (Å²) >= 11 is 0. The third-order valence-electron chi connectivity index (χ3n) is 1.63. The largest absolute Gasteiger partial charge is 0.269 e. The number of nitrogens with zero attached hydrogens (tertiary/aromatic N) is 2. The van der Waals surface area contributed by atoms with Gasteiger partial charge < -0.3 is 0 Å². The highest BCUT2D eigenvalue weighted by molar-refractivity contribution is 4.99. The summed E-state index contributed by atoms with van der Waals surface area (Å²) in [5.41, 5.74) is 0.487. The van der Waals surface area contributed by atoms with Crippen LogP contribution in [0.15, 0.2) is 6.20 Å². The first-order valence-corrected chi connectivity index (χ1v) is 3.93. The molecule has 1 heterocycles. The second kappa shape index (κ2) is 3.51. The van der Waals surface area contributed by atoms with E-state index in [0.717, 1.165) is 19.4 Å². The van der Waals surface area contributed by atoms with Crippen molar-refractivity contribution in [3.63, 3.8) is 0 Å². The Kier molecular flexibility index (Phi) is 2.63. The SMILES string of the molecule is CCCCn1cc(F)c(C)n1. The summed E-state index contributed by atoms with van der Waals surface area (Å²) < 4.78 is 14.3. The standard InChI is InChI=1S/C8H13FN2/c1-3-4-5-11-6-8(9)7(2)10-11/h6H,3-5H2,1-2H3. The van der Waals surface area contributed by atoms with Crippen molar-refractivity contribution in [1.82, 2.24) is 9.78 Å². The van der Waals surface area contributed by atoms with Crippen LogP contribution in [-0.2, 0) is 6.54 Å². The van der Waals surface area contributed by atoms with Crippen LogP contribution in [0.5, 0.6) is 0 Å². The molecule has 62 valence electrons. The van der Waals surface area contributed by atoms with Crippen LogP contribution in [0.4, 0.5) is 4.39 Å². The molecule has 0 radical (unpaired) electrons. The highest BCUT2D eigenvalue weighted by Gasteiger charge is 2.01. The van der Waals surface area contributed by atoms with Gasteiger partial charge in [-0.1, -0.05) is 13.3 Å². The zero-order chi connectivity index (χ0) is 8.27. The van der Waals surface area contributed by atoms with Gasteiger partial charge in [-0.15, -0.1) is 0 Å². The van der Waals surface area contributed by atoms with E-state index in [2.05, 4.69) is 12.0 Å². The number of halogens is 1. The summed E-state index contributed by atoms with van der Waals surface area (Å²) in [7, 11) is 0. The number of unbranched alkanes of at least 4 members (excludes halogenated alkanes) is 1. The second-order valence-corrected chi connectivity index (χ2v) is 2.68. The third-order valence-corrected chi connectivity index (χ3v) is 1.63. The minimum absolute atomic E-state index is 0.207. The number of aromatic nitrogens is 2. The number of rotatable bonds is 3. The van der Waals surface area contributed by atoms with Gasteiger partial charge in [-0.3, -0.25) is 4.68 Å². The Morgan fingerprint density at radius 3 is 2.82 bits per heavy atom. The van der Waals surface area contributed by atoms with E-state index >= 15 is 0 Å². The normalized spacial score (nSPS) is 10.5. The Bertz CT molecular complexity index is 210. The van der Waals surface area contributed by atoms with Gasteiger partial charge in [-0.2, -0.15) is 5.10 Å². The molecule has 0 saturated carbocycles. The Balaban J connectivity index is 2.58. The van der Waals surface area contributed by atoms with Crippen molar-refractivity contribution in [2.45, 2.75) is 33.2 Å². The predicted molar refractivity (Wildman–Crippen MR) is 41.8 cm³/mol. The monoisotopic (exact) mass is 156 g/mol. The van der Waals surface area contributed by atoms with Crippen LogP contribution >= 0.6 is 0 Å². The minimum atomic E-state index is -0.207. The lowest BCUT2D eigenvalue weighted by Gasteiger charge is -1.96. The van der Waals surface area contributed by atoms with Gasteiger partial charge in [0.25, 0.3) is 0 Å². The average molecular weight is 156 g/mol. The van der Waals surface area contributed by atoms with Gasteiger partial charge in [0.2, 0.25) is 0 Å². The maximum atomic E-state index is 12.7. The lowest BCUT2D eigenvalue weighted by Crippen LogP contribution is -1.97. The molecule has 0 aromatic carbocycles. The summed E-state index contributed by atoms with van der Waals surface area (Å²) in [6.07, 6.45) is 3.62. The fraction of sp³-hybridized carbons (Fsp3) is 0.625. The predicted octanol–water partition coefficient (Wildman–Crippen LogP) is 2.13. The Hall–Kier alpha value is -0.860. The maximum absolute atomic E-state index is 12.7. The molecule has 0 aliphatic heterocycles. The molecule has 0 fully saturated rings. The van der Waals surface area contributed by atoms with Crippen molar-refractivity contribution in [3.05, 3.63) is 17.7 Å². The van der Waals surface area contributed by atoms with Gasteiger partial charge in [-0.25, -0.2) is 4.39 Å². The molecular weight excluding hydrogens is 143 g/mol.